The van der Waals surface area contributed by atoms with Crippen LogP contribution in [0.25, 0.3) is 11.1 Å². The summed E-state index contributed by atoms with van der Waals surface area (Å²) in [5.41, 5.74) is 13.4. The van der Waals surface area contributed by atoms with Gasteiger partial charge in [-0.3, -0.25) is 0 Å². The monoisotopic (exact) mass is 309 g/mol. The molecule has 2 N–H and O–H groups in total. The second kappa shape index (κ2) is 6.21. The van der Waals surface area contributed by atoms with E-state index < -0.39 is 0 Å². The minimum absolute atomic E-state index is 0.312. The molecule has 0 aromatic heterocycles. The Hall–Kier alpha value is -3.06. The molecule has 2 aliphatic rings. The van der Waals surface area contributed by atoms with Crippen LogP contribution in [0.4, 0.5) is 0 Å². The third-order valence-corrected chi connectivity index (χ3v) is 4.62. The number of hydrogen-bond donors (Lipinski definition) is 1. The number of hydrogen-bond acceptors (Lipinski definition) is 1. The van der Waals surface area contributed by atoms with Gasteiger partial charge in [0, 0.05) is 5.92 Å². The first-order valence-electron chi connectivity index (χ1n) is 8.22. The molecule has 2 aromatic rings. The molecule has 2 aliphatic carbocycles. The maximum Gasteiger partial charge on any atom is 0.0285 e. The van der Waals surface area contributed by atoms with E-state index in [2.05, 4.69) is 78.9 Å². The van der Waals surface area contributed by atoms with E-state index in [1.54, 1.807) is 6.20 Å². The van der Waals surface area contributed by atoms with Crippen molar-refractivity contribution in [3.63, 3.8) is 0 Å². The van der Waals surface area contributed by atoms with Crippen molar-refractivity contribution in [3.8, 4) is 0 Å². The van der Waals surface area contributed by atoms with E-state index in [9.17, 15) is 0 Å². The molecular weight excluding hydrogens is 290 g/mol. The molecule has 116 valence electrons. The zero-order chi connectivity index (χ0) is 16.4. The summed E-state index contributed by atoms with van der Waals surface area (Å²) in [5, 5.41) is 0. The van der Waals surface area contributed by atoms with Crippen LogP contribution in [0.15, 0.2) is 108 Å². The largest absolute Gasteiger partial charge is 0.405 e. The summed E-state index contributed by atoms with van der Waals surface area (Å²) in [4.78, 5) is 0. The van der Waals surface area contributed by atoms with Crippen molar-refractivity contribution in [2.75, 3.05) is 0 Å². The Balaban J connectivity index is 1.82. The smallest absolute Gasteiger partial charge is 0.0285 e. The van der Waals surface area contributed by atoms with Crippen molar-refractivity contribution in [1.82, 2.24) is 0 Å². The quantitative estimate of drug-likeness (QED) is 0.836. The Morgan fingerprint density at radius 3 is 2.25 bits per heavy atom. The van der Waals surface area contributed by atoms with Crippen LogP contribution in [-0.2, 0) is 0 Å². The van der Waals surface area contributed by atoms with Crippen LogP contribution in [0.5, 0.6) is 0 Å². The second-order valence-electron chi connectivity index (χ2n) is 6.00. The molecule has 0 fully saturated rings. The lowest BCUT2D eigenvalue weighted by molar-refractivity contribution is 1.01. The van der Waals surface area contributed by atoms with E-state index in [-0.39, 0.29) is 0 Å². The first-order chi connectivity index (χ1) is 11.9. The fourth-order valence-electron chi connectivity index (χ4n) is 3.52. The SMILES string of the molecule is N/C=C\C(=C1\C=CC2=C(c3ccccc3)C=CC21)c1ccccc1. The van der Waals surface area contributed by atoms with Crippen molar-refractivity contribution in [3.05, 3.63) is 120 Å². The Morgan fingerprint density at radius 2 is 1.54 bits per heavy atom. The van der Waals surface area contributed by atoms with Gasteiger partial charge in [-0.05, 0) is 45.7 Å². The van der Waals surface area contributed by atoms with Gasteiger partial charge in [0.05, 0.1) is 0 Å². The third-order valence-electron chi connectivity index (χ3n) is 4.62. The van der Waals surface area contributed by atoms with Crippen molar-refractivity contribution in [2.24, 2.45) is 11.7 Å². The Labute approximate surface area is 142 Å². The molecule has 0 saturated carbocycles. The molecule has 0 spiro atoms. The minimum Gasteiger partial charge on any atom is -0.405 e. The highest BCUT2D eigenvalue weighted by molar-refractivity contribution is 5.89. The van der Waals surface area contributed by atoms with Crippen LogP contribution < -0.4 is 5.73 Å². The van der Waals surface area contributed by atoms with E-state index in [1.807, 2.05) is 12.1 Å². The van der Waals surface area contributed by atoms with Gasteiger partial charge in [-0.1, -0.05) is 85.0 Å². The summed E-state index contributed by atoms with van der Waals surface area (Å²) < 4.78 is 0. The van der Waals surface area contributed by atoms with E-state index in [0.29, 0.717) is 5.92 Å². The van der Waals surface area contributed by atoms with Gasteiger partial charge in [-0.25, -0.2) is 0 Å². The van der Waals surface area contributed by atoms with Gasteiger partial charge >= 0.3 is 0 Å². The maximum atomic E-state index is 5.72. The van der Waals surface area contributed by atoms with Gasteiger partial charge < -0.3 is 5.73 Å². The molecular formula is C23H19N. The van der Waals surface area contributed by atoms with Crippen LogP contribution in [0, 0.1) is 5.92 Å². The van der Waals surface area contributed by atoms with Crippen molar-refractivity contribution < 1.29 is 0 Å². The number of allylic oxidation sites excluding steroid dienone is 9. The van der Waals surface area contributed by atoms with Gasteiger partial charge in [-0.2, -0.15) is 0 Å². The molecule has 1 heteroatoms. The average molecular weight is 309 g/mol. The highest BCUT2D eigenvalue weighted by atomic mass is 14.5. The summed E-state index contributed by atoms with van der Waals surface area (Å²) in [6.45, 7) is 0. The van der Waals surface area contributed by atoms with Crippen LogP contribution >= 0.6 is 0 Å². The van der Waals surface area contributed by atoms with Crippen LogP contribution in [-0.4, -0.2) is 0 Å². The number of benzene rings is 2. The van der Waals surface area contributed by atoms with Gasteiger partial charge in [0.25, 0.3) is 0 Å². The third kappa shape index (κ3) is 2.44. The van der Waals surface area contributed by atoms with Gasteiger partial charge in [0.2, 0.25) is 0 Å². The maximum absolute atomic E-state index is 5.72. The van der Waals surface area contributed by atoms with E-state index in [1.165, 1.54) is 33.4 Å². The van der Waals surface area contributed by atoms with E-state index in [4.69, 9.17) is 5.73 Å². The summed E-state index contributed by atoms with van der Waals surface area (Å²) in [6.07, 6.45) is 12.6. The van der Waals surface area contributed by atoms with Crippen molar-refractivity contribution in [2.45, 2.75) is 0 Å². The molecule has 4 rings (SSSR count). The molecule has 0 amide bonds. The Bertz CT molecular complexity index is 894. The molecule has 0 bridgehead atoms. The van der Waals surface area contributed by atoms with Gasteiger partial charge in [0.15, 0.2) is 0 Å². The molecule has 1 nitrogen and oxygen atoms in total. The first-order valence-corrected chi connectivity index (χ1v) is 8.22. The predicted molar refractivity (Wildman–Crippen MR) is 102 cm³/mol. The summed E-state index contributed by atoms with van der Waals surface area (Å²) in [5.74, 6) is 0.312. The summed E-state index contributed by atoms with van der Waals surface area (Å²) in [7, 11) is 0. The van der Waals surface area contributed by atoms with Gasteiger partial charge in [-0.15, -0.1) is 0 Å². The fourth-order valence-corrected chi connectivity index (χ4v) is 3.52. The normalized spacial score (nSPS) is 20.9. The molecule has 0 radical (unpaired) electrons. The number of fused-ring (bicyclic) bond motifs is 1. The Kier molecular flexibility index (Phi) is 3.76. The van der Waals surface area contributed by atoms with Crippen LogP contribution in [0.3, 0.4) is 0 Å². The average Bonchev–Trinajstić information content (AvgIpc) is 3.23. The minimum atomic E-state index is 0.312. The first kappa shape index (κ1) is 14.5. The lowest BCUT2D eigenvalue weighted by atomic mass is 9.91. The standard InChI is InChI=1S/C23H19N/c24-16-15-20(18-9-5-2-6-10-18)22-14-13-21-19(11-12-23(21)22)17-7-3-1-4-8-17/h1-16,23H,24H2/b16-15-,22-20+. The fraction of sp³-hybridized carbons (Fsp3) is 0.0435. The second-order valence-corrected chi connectivity index (χ2v) is 6.00. The summed E-state index contributed by atoms with van der Waals surface area (Å²) >= 11 is 0. The summed E-state index contributed by atoms with van der Waals surface area (Å²) in [6, 6.07) is 21.0. The molecule has 0 saturated heterocycles. The van der Waals surface area contributed by atoms with Crippen molar-refractivity contribution >= 4 is 11.1 Å². The van der Waals surface area contributed by atoms with Gasteiger partial charge in [0.1, 0.15) is 0 Å². The number of rotatable bonds is 3. The molecule has 24 heavy (non-hydrogen) atoms. The zero-order valence-electron chi connectivity index (χ0n) is 13.4. The zero-order valence-corrected chi connectivity index (χ0v) is 13.4. The predicted octanol–water partition coefficient (Wildman–Crippen LogP) is 5.12. The molecule has 0 aliphatic heterocycles. The molecule has 0 heterocycles. The molecule has 1 atom stereocenters. The van der Waals surface area contributed by atoms with Crippen molar-refractivity contribution in [1.29, 1.82) is 0 Å². The Morgan fingerprint density at radius 1 is 0.833 bits per heavy atom. The highest BCUT2D eigenvalue weighted by Crippen LogP contribution is 2.44. The molecule has 2 aromatic carbocycles. The highest BCUT2D eigenvalue weighted by Gasteiger charge is 2.28. The van der Waals surface area contributed by atoms with Crippen LogP contribution in [0.1, 0.15) is 11.1 Å². The van der Waals surface area contributed by atoms with Crippen LogP contribution in [0.2, 0.25) is 0 Å². The topological polar surface area (TPSA) is 26.0 Å². The lowest BCUT2D eigenvalue weighted by Crippen LogP contribution is -1.98. The number of nitrogens with two attached hydrogens (primary N) is 1. The lowest BCUT2D eigenvalue weighted by Gasteiger charge is -2.13. The van der Waals surface area contributed by atoms with E-state index in [0.717, 1.165) is 0 Å². The molecule has 1 unspecified atom stereocenters. The van der Waals surface area contributed by atoms with E-state index >= 15 is 0 Å².